The van der Waals surface area contributed by atoms with Gasteiger partial charge in [-0.05, 0) is 68.4 Å². The topological polar surface area (TPSA) is 117 Å². The number of rotatable bonds is 5. The first-order valence-corrected chi connectivity index (χ1v) is 14.6. The van der Waals surface area contributed by atoms with Gasteiger partial charge < -0.3 is 20.6 Å². The molecule has 0 bridgehead atoms. The molecule has 0 radical (unpaired) electrons. The Labute approximate surface area is 242 Å². The second kappa shape index (κ2) is 9.82. The van der Waals surface area contributed by atoms with Crippen molar-refractivity contribution in [2.24, 2.45) is 5.92 Å². The number of nitrogens with two attached hydrogens (primary N) is 1. The molecule has 2 aliphatic heterocycles. The summed E-state index contributed by atoms with van der Waals surface area (Å²) in [6.45, 7) is 5.22. The molecule has 4 heterocycles. The highest BCUT2D eigenvalue weighted by molar-refractivity contribution is 5.93. The first-order chi connectivity index (χ1) is 20.2. The van der Waals surface area contributed by atoms with Gasteiger partial charge in [0, 0.05) is 42.9 Å². The number of benzene rings is 2. The van der Waals surface area contributed by atoms with E-state index in [2.05, 4.69) is 19.1 Å². The first kappa shape index (κ1) is 26.4. The van der Waals surface area contributed by atoms with Gasteiger partial charge in [-0.3, -0.25) is 9.59 Å². The van der Waals surface area contributed by atoms with E-state index in [0.29, 0.717) is 60.0 Å². The van der Waals surface area contributed by atoms with Crippen LogP contribution in [0.1, 0.15) is 71.0 Å². The standard InChI is InChI=1S/C32H33FN6O3/c1-17-29(23(33)13-27(30(17)34)37-11-9-21(16-37)32(41)42)24-15-28-35-25(14-26(20-7-8-20)39(28)36-24)31(40)38-12-10-19-5-3-4-6-22(19)18(38)2/h3-6,13-15,18,20-21H,7-12,16,34H2,1-2H3,(H,41,42)/t18-,21+/m1/s1. The number of hydrogen-bond acceptors (Lipinski definition) is 6. The molecule has 9 nitrogen and oxygen atoms in total. The third-order valence-electron chi connectivity index (χ3n) is 9.22. The predicted octanol–water partition coefficient (Wildman–Crippen LogP) is 4.97. The van der Waals surface area contributed by atoms with Gasteiger partial charge >= 0.3 is 5.97 Å². The molecule has 4 aromatic rings. The van der Waals surface area contributed by atoms with Gasteiger partial charge in [-0.15, -0.1) is 0 Å². The lowest BCUT2D eigenvalue weighted by Gasteiger charge is -2.35. The van der Waals surface area contributed by atoms with E-state index in [1.54, 1.807) is 17.5 Å². The Morgan fingerprint density at radius 3 is 2.62 bits per heavy atom. The minimum atomic E-state index is -0.856. The normalized spacial score (nSPS) is 20.3. The molecule has 2 aromatic carbocycles. The molecule has 0 spiro atoms. The molecule has 1 saturated carbocycles. The monoisotopic (exact) mass is 568 g/mol. The van der Waals surface area contributed by atoms with Gasteiger partial charge in [-0.1, -0.05) is 24.3 Å². The van der Waals surface area contributed by atoms with Gasteiger partial charge in [0.05, 0.1) is 29.0 Å². The van der Waals surface area contributed by atoms with Crippen molar-refractivity contribution in [3.05, 3.63) is 76.4 Å². The predicted molar refractivity (Wildman–Crippen MR) is 157 cm³/mol. The van der Waals surface area contributed by atoms with Crippen LogP contribution in [-0.4, -0.2) is 56.1 Å². The lowest BCUT2D eigenvalue weighted by Crippen LogP contribution is -2.39. The Kier molecular flexibility index (Phi) is 6.18. The average molecular weight is 569 g/mol. The molecule has 1 amide bonds. The zero-order valence-electron chi connectivity index (χ0n) is 23.7. The van der Waals surface area contributed by atoms with Crippen LogP contribution in [0.5, 0.6) is 0 Å². The van der Waals surface area contributed by atoms with Crippen LogP contribution in [0, 0.1) is 18.7 Å². The highest BCUT2D eigenvalue weighted by atomic mass is 19.1. The molecule has 3 aliphatic rings. The quantitative estimate of drug-likeness (QED) is 0.326. The fourth-order valence-corrected chi connectivity index (χ4v) is 6.63. The van der Waals surface area contributed by atoms with Gasteiger partial charge in [0.2, 0.25) is 0 Å². The molecular weight excluding hydrogens is 535 g/mol. The van der Waals surface area contributed by atoms with Crippen LogP contribution in [0.2, 0.25) is 0 Å². The average Bonchev–Trinajstić information content (AvgIpc) is 3.54. The number of carboxylic acid groups (broad SMARTS) is 1. The zero-order chi connectivity index (χ0) is 29.3. The van der Waals surface area contributed by atoms with Crippen LogP contribution in [0.15, 0.2) is 42.5 Å². The molecule has 1 saturated heterocycles. The number of halogens is 1. The van der Waals surface area contributed by atoms with Crippen LogP contribution in [-0.2, 0) is 11.2 Å². The summed E-state index contributed by atoms with van der Waals surface area (Å²) in [5.41, 5.74) is 12.8. The molecule has 0 unspecified atom stereocenters. The molecule has 2 fully saturated rings. The Hall–Kier alpha value is -4.47. The van der Waals surface area contributed by atoms with Gasteiger partial charge in [0.15, 0.2) is 5.65 Å². The zero-order valence-corrected chi connectivity index (χ0v) is 23.7. The van der Waals surface area contributed by atoms with Crippen molar-refractivity contribution in [1.29, 1.82) is 0 Å². The summed E-state index contributed by atoms with van der Waals surface area (Å²) in [5, 5.41) is 14.2. The van der Waals surface area contributed by atoms with Gasteiger partial charge in [0.1, 0.15) is 11.5 Å². The number of carboxylic acids is 1. The first-order valence-electron chi connectivity index (χ1n) is 14.6. The molecule has 7 rings (SSSR count). The lowest BCUT2D eigenvalue weighted by molar-refractivity contribution is -0.140. The summed E-state index contributed by atoms with van der Waals surface area (Å²) < 4.78 is 17.5. The minimum absolute atomic E-state index is 0.0649. The van der Waals surface area contributed by atoms with Crippen LogP contribution in [0.25, 0.3) is 16.9 Å². The summed E-state index contributed by atoms with van der Waals surface area (Å²) in [6, 6.07) is 13.1. The summed E-state index contributed by atoms with van der Waals surface area (Å²) >= 11 is 0. The molecule has 1 aliphatic carbocycles. The summed E-state index contributed by atoms with van der Waals surface area (Å²) in [7, 11) is 0. The number of carbonyl (C=O) groups excluding carboxylic acids is 1. The summed E-state index contributed by atoms with van der Waals surface area (Å²) in [4.78, 5) is 33.7. The molecule has 216 valence electrons. The maximum Gasteiger partial charge on any atom is 0.308 e. The Morgan fingerprint density at radius 1 is 1.10 bits per heavy atom. The van der Waals surface area contributed by atoms with Gasteiger partial charge in [0.25, 0.3) is 5.91 Å². The number of amides is 1. The SMILES string of the molecule is Cc1c(N)c(N2CC[C@H](C(=O)O)C2)cc(F)c1-c1cc2nc(C(=O)N3CCc4ccccc4[C@H]3C)cc(C3CC3)n2n1. The van der Waals surface area contributed by atoms with Gasteiger partial charge in [-0.25, -0.2) is 13.9 Å². The number of anilines is 2. The van der Waals surface area contributed by atoms with E-state index in [9.17, 15) is 14.7 Å². The van der Waals surface area contributed by atoms with E-state index in [4.69, 9.17) is 15.8 Å². The largest absolute Gasteiger partial charge is 0.481 e. The highest BCUT2D eigenvalue weighted by Crippen LogP contribution is 2.42. The molecule has 3 N–H and O–H groups in total. The van der Waals surface area contributed by atoms with Crippen molar-refractivity contribution in [3.63, 3.8) is 0 Å². The number of fused-ring (bicyclic) bond motifs is 2. The number of carbonyl (C=O) groups is 2. The Balaban J connectivity index is 1.26. The Bertz CT molecular complexity index is 1760. The van der Waals surface area contributed by atoms with E-state index in [1.807, 2.05) is 28.0 Å². The van der Waals surface area contributed by atoms with E-state index >= 15 is 4.39 Å². The van der Waals surface area contributed by atoms with Crippen molar-refractivity contribution < 1.29 is 19.1 Å². The summed E-state index contributed by atoms with van der Waals surface area (Å²) in [6.07, 6.45) is 3.28. The van der Waals surface area contributed by atoms with Crippen molar-refractivity contribution >= 4 is 28.9 Å². The number of hydrogen-bond donors (Lipinski definition) is 2. The fraction of sp³-hybridized carbons (Fsp3) is 0.375. The number of aromatic nitrogens is 3. The maximum atomic E-state index is 15.8. The molecule has 2 atom stereocenters. The molecular formula is C32H33FN6O3. The minimum Gasteiger partial charge on any atom is -0.481 e. The Morgan fingerprint density at radius 2 is 1.88 bits per heavy atom. The third-order valence-corrected chi connectivity index (χ3v) is 9.22. The number of nitrogen functional groups attached to an aromatic ring is 1. The van der Waals surface area contributed by atoms with Crippen molar-refractivity contribution in [2.45, 2.75) is 51.5 Å². The molecule has 10 heteroatoms. The second-order valence-corrected chi connectivity index (χ2v) is 11.8. The van der Waals surface area contributed by atoms with E-state index < -0.39 is 17.7 Å². The van der Waals surface area contributed by atoms with Crippen LogP contribution < -0.4 is 10.6 Å². The van der Waals surface area contributed by atoms with E-state index in [0.717, 1.165) is 30.5 Å². The fourth-order valence-electron chi connectivity index (χ4n) is 6.63. The second-order valence-electron chi connectivity index (χ2n) is 11.8. The number of aliphatic carboxylic acids is 1. The summed E-state index contributed by atoms with van der Waals surface area (Å²) in [5.74, 6) is -1.69. The van der Waals surface area contributed by atoms with Crippen molar-refractivity contribution in [1.82, 2.24) is 19.5 Å². The smallest absolute Gasteiger partial charge is 0.308 e. The van der Waals surface area contributed by atoms with E-state index in [-0.39, 0.29) is 23.4 Å². The van der Waals surface area contributed by atoms with E-state index in [1.165, 1.54) is 11.6 Å². The third kappa shape index (κ3) is 4.28. The van der Waals surface area contributed by atoms with Crippen molar-refractivity contribution in [2.75, 3.05) is 30.3 Å². The van der Waals surface area contributed by atoms with Crippen molar-refractivity contribution in [3.8, 4) is 11.3 Å². The maximum absolute atomic E-state index is 15.8. The lowest BCUT2D eigenvalue weighted by atomic mass is 9.93. The number of nitrogens with zero attached hydrogens (tertiary/aromatic N) is 5. The molecule has 2 aromatic heterocycles. The van der Waals surface area contributed by atoms with Crippen LogP contribution in [0.3, 0.4) is 0 Å². The highest BCUT2D eigenvalue weighted by Gasteiger charge is 2.34. The molecule has 42 heavy (non-hydrogen) atoms. The van der Waals surface area contributed by atoms with Crippen LogP contribution >= 0.6 is 0 Å². The van der Waals surface area contributed by atoms with Gasteiger partial charge in [-0.2, -0.15) is 5.10 Å². The van der Waals surface area contributed by atoms with Crippen LogP contribution in [0.4, 0.5) is 15.8 Å².